The Morgan fingerprint density at radius 1 is 1.31 bits per heavy atom. The van der Waals surface area contributed by atoms with Gasteiger partial charge in [0.25, 0.3) is 0 Å². The minimum Gasteiger partial charge on any atom is -0.328 e. The van der Waals surface area contributed by atoms with Crippen molar-refractivity contribution in [2.24, 2.45) is 23.5 Å². The Bertz CT molecular complexity index is 225. The molecule has 0 saturated heterocycles. The fraction of sp³-hybridized carbons (Fsp3) is 0.929. The van der Waals surface area contributed by atoms with E-state index in [2.05, 4.69) is 13.8 Å². The molecule has 0 radical (unpaired) electrons. The molecule has 0 bridgehead atoms. The molecule has 2 nitrogen and oxygen atoms in total. The summed E-state index contributed by atoms with van der Waals surface area (Å²) in [5.41, 5.74) is 5.69. The summed E-state index contributed by atoms with van der Waals surface area (Å²) in [6.45, 7) is 6.60. The van der Waals surface area contributed by atoms with Gasteiger partial charge in [-0.05, 0) is 50.9 Å². The lowest BCUT2D eigenvalue weighted by Gasteiger charge is -2.31. The fourth-order valence-corrected chi connectivity index (χ4v) is 2.64. The first-order valence-corrected chi connectivity index (χ1v) is 6.79. The monoisotopic (exact) mass is 225 g/mol. The molecule has 1 fully saturated rings. The Morgan fingerprint density at radius 3 is 2.56 bits per heavy atom. The summed E-state index contributed by atoms with van der Waals surface area (Å²) in [6.07, 6.45) is 6.14. The third-order valence-corrected chi connectivity index (χ3v) is 4.14. The predicted octanol–water partition coefficient (Wildman–Crippen LogP) is 3.15. The lowest BCUT2D eigenvalue weighted by Crippen LogP contribution is -2.26. The minimum atomic E-state index is 0.234. The van der Waals surface area contributed by atoms with E-state index >= 15 is 0 Å². The average molecular weight is 225 g/mol. The molecular formula is C14H27NO. The molecule has 16 heavy (non-hydrogen) atoms. The number of carbonyl (C=O) groups is 1. The maximum Gasteiger partial charge on any atom is 0.135 e. The van der Waals surface area contributed by atoms with Crippen molar-refractivity contribution in [3.63, 3.8) is 0 Å². The van der Waals surface area contributed by atoms with Crippen LogP contribution in [0.15, 0.2) is 0 Å². The van der Waals surface area contributed by atoms with Crippen LogP contribution in [0, 0.1) is 17.8 Å². The highest BCUT2D eigenvalue weighted by atomic mass is 16.1. The maximum absolute atomic E-state index is 12.0. The molecule has 4 unspecified atom stereocenters. The zero-order valence-electron chi connectivity index (χ0n) is 11.0. The maximum atomic E-state index is 12.0. The second-order valence-electron chi connectivity index (χ2n) is 5.80. The van der Waals surface area contributed by atoms with Crippen molar-refractivity contribution in [3.05, 3.63) is 0 Å². The van der Waals surface area contributed by atoms with E-state index in [0.717, 1.165) is 43.9 Å². The van der Waals surface area contributed by atoms with Crippen LogP contribution >= 0.6 is 0 Å². The lowest BCUT2D eigenvalue weighted by molar-refractivity contribution is -0.124. The number of Topliss-reactive ketones (excluding diaryl/α,β-unsaturated/α-hetero) is 1. The average Bonchev–Trinajstić information content (AvgIpc) is 2.21. The van der Waals surface area contributed by atoms with Gasteiger partial charge in [-0.15, -0.1) is 0 Å². The standard InChI is InChI=1S/C14H27NO/c1-10-7-8-13(9-11(10)2)14(16)6-4-5-12(3)15/h10-13H,4-9,15H2,1-3H3. The molecule has 0 heterocycles. The molecule has 94 valence electrons. The SMILES string of the molecule is CC(N)CCCC(=O)C1CCC(C)C(C)C1. The van der Waals surface area contributed by atoms with E-state index in [1.807, 2.05) is 6.92 Å². The van der Waals surface area contributed by atoms with Crippen LogP contribution < -0.4 is 5.73 Å². The highest BCUT2D eigenvalue weighted by molar-refractivity contribution is 5.81. The number of nitrogens with two attached hydrogens (primary N) is 1. The van der Waals surface area contributed by atoms with E-state index in [1.54, 1.807) is 0 Å². The van der Waals surface area contributed by atoms with Gasteiger partial charge in [-0.25, -0.2) is 0 Å². The van der Waals surface area contributed by atoms with Gasteiger partial charge in [0, 0.05) is 18.4 Å². The molecule has 2 N–H and O–H groups in total. The van der Waals surface area contributed by atoms with Crippen LogP contribution in [-0.4, -0.2) is 11.8 Å². The number of carbonyl (C=O) groups excluding carboxylic acids is 1. The third-order valence-electron chi connectivity index (χ3n) is 4.14. The number of ketones is 1. The zero-order chi connectivity index (χ0) is 12.1. The zero-order valence-corrected chi connectivity index (χ0v) is 11.0. The highest BCUT2D eigenvalue weighted by Gasteiger charge is 2.28. The van der Waals surface area contributed by atoms with Gasteiger partial charge in [-0.2, -0.15) is 0 Å². The number of hydrogen-bond donors (Lipinski definition) is 1. The third kappa shape index (κ3) is 4.25. The second-order valence-corrected chi connectivity index (χ2v) is 5.80. The minimum absolute atomic E-state index is 0.234. The summed E-state index contributed by atoms with van der Waals surface area (Å²) in [7, 11) is 0. The normalized spacial score (nSPS) is 32.4. The van der Waals surface area contributed by atoms with Crippen LogP contribution in [0.1, 0.15) is 59.3 Å². The van der Waals surface area contributed by atoms with E-state index in [4.69, 9.17) is 5.73 Å². The van der Waals surface area contributed by atoms with Crippen molar-refractivity contribution in [1.29, 1.82) is 0 Å². The van der Waals surface area contributed by atoms with Crippen LogP contribution in [0.5, 0.6) is 0 Å². The van der Waals surface area contributed by atoms with E-state index in [9.17, 15) is 4.79 Å². The molecule has 1 aliphatic rings. The highest BCUT2D eigenvalue weighted by Crippen LogP contribution is 2.34. The van der Waals surface area contributed by atoms with Crippen molar-refractivity contribution >= 4 is 5.78 Å². The van der Waals surface area contributed by atoms with E-state index in [1.165, 1.54) is 6.42 Å². The van der Waals surface area contributed by atoms with Gasteiger partial charge in [0.05, 0.1) is 0 Å². The van der Waals surface area contributed by atoms with Gasteiger partial charge in [-0.3, -0.25) is 4.79 Å². The summed E-state index contributed by atoms with van der Waals surface area (Å²) >= 11 is 0. The Labute approximate surface area is 100.0 Å². The second kappa shape index (κ2) is 6.39. The predicted molar refractivity (Wildman–Crippen MR) is 68.2 cm³/mol. The van der Waals surface area contributed by atoms with Gasteiger partial charge in [0.15, 0.2) is 0 Å². The van der Waals surface area contributed by atoms with Crippen molar-refractivity contribution < 1.29 is 4.79 Å². The fourth-order valence-electron chi connectivity index (χ4n) is 2.64. The first-order valence-electron chi connectivity index (χ1n) is 6.79. The van der Waals surface area contributed by atoms with Crippen LogP contribution in [-0.2, 0) is 4.79 Å². The molecule has 2 heteroatoms. The van der Waals surface area contributed by atoms with Crippen LogP contribution in [0.25, 0.3) is 0 Å². The summed E-state index contributed by atoms with van der Waals surface area (Å²) in [6, 6.07) is 0.234. The Hall–Kier alpha value is -0.370. The first kappa shape index (κ1) is 13.7. The molecule has 1 aliphatic carbocycles. The lowest BCUT2D eigenvalue weighted by atomic mass is 9.74. The summed E-state index contributed by atoms with van der Waals surface area (Å²) in [5.74, 6) is 2.35. The molecule has 0 amide bonds. The number of rotatable bonds is 5. The summed E-state index contributed by atoms with van der Waals surface area (Å²) in [5, 5.41) is 0. The molecule has 0 aromatic carbocycles. The molecule has 4 atom stereocenters. The van der Waals surface area contributed by atoms with Crippen molar-refractivity contribution in [3.8, 4) is 0 Å². The van der Waals surface area contributed by atoms with Gasteiger partial charge < -0.3 is 5.73 Å². The molecule has 0 spiro atoms. The Morgan fingerprint density at radius 2 is 2.00 bits per heavy atom. The van der Waals surface area contributed by atoms with Gasteiger partial charge in [-0.1, -0.05) is 13.8 Å². The Kier molecular flexibility index (Phi) is 5.47. The molecule has 1 rings (SSSR count). The van der Waals surface area contributed by atoms with E-state index in [-0.39, 0.29) is 6.04 Å². The molecular weight excluding hydrogens is 198 g/mol. The van der Waals surface area contributed by atoms with Crippen LogP contribution in [0.2, 0.25) is 0 Å². The summed E-state index contributed by atoms with van der Waals surface area (Å²) < 4.78 is 0. The molecule has 0 aromatic heterocycles. The molecule has 0 aromatic rings. The number of hydrogen-bond acceptors (Lipinski definition) is 2. The van der Waals surface area contributed by atoms with Crippen LogP contribution in [0.4, 0.5) is 0 Å². The molecule has 0 aliphatic heterocycles. The van der Waals surface area contributed by atoms with Crippen molar-refractivity contribution in [2.75, 3.05) is 0 Å². The largest absolute Gasteiger partial charge is 0.328 e. The molecule has 1 saturated carbocycles. The van der Waals surface area contributed by atoms with Crippen molar-refractivity contribution in [1.82, 2.24) is 0 Å². The first-order chi connectivity index (χ1) is 7.50. The smallest absolute Gasteiger partial charge is 0.135 e. The van der Waals surface area contributed by atoms with Gasteiger partial charge in [0.2, 0.25) is 0 Å². The van der Waals surface area contributed by atoms with Gasteiger partial charge >= 0.3 is 0 Å². The quantitative estimate of drug-likeness (QED) is 0.781. The van der Waals surface area contributed by atoms with E-state index < -0.39 is 0 Å². The van der Waals surface area contributed by atoms with E-state index in [0.29, 0.717) is 11.7 Å². The summed E-state index contributed by atoms with van der Waals surface area (Å²) in [4.78, 5) is 12.0. The van der Waals surface area contributed by atoms with Crippen molar-refractivity contribution in [2.45, 2.75) is 65.3 Å². The van der Waals surface area contributed by atoms with Crippen LogP contribution in [0.3, 0.4) is 0 Å². The topological polar surface area (TPSA) is 43.1 Å². The Balaban J connectivity index is 2.26. The van der Waals surface area contributed by atoms with Gasteiger partial charge in [0.1, 0.15) is 5.78 Å².